The van der Waals surface area contributed by atoms with Crippen LogP contribution in [0.3, 0.4) is 0 Å². The molecule has 1 aliphatic rings. The molecule has 1 aromatic rings. The van der Waals surface area contributed by atoms with Crippen LogP contribution in [0.1, 0.15) is 44.2 Å². The van der Waals surface area contributed by atoms with E-state index >= 15 is 0 Å². The normalized spacial score (nSPS) is 22.3. The zero-order chi connectivity index (χ0) is 13.0. The first-order chi connectivity index (χ1) is 8.74. The molecule has 0 aromatic heterocycles. The molecule has 0 amide bonds. The van der Waals surface area contributed by atoms with E-state index in [2.05, 4.69) is 50.5 Å². The Morgan fingerprint density at radius 2 is 2.00 bits per heavy atom. The van der Waals surface area contributed by atoms with Gasteiger partial charge >= 0.3 is 0 Å². The molecule has 0 bridgehead atoms. The van der Waals surface area contributed by atoms with Gasteiger partial charge in [-0.15, -0.1) is 0 Å². The van der Waals surface area contributed by atoms with Crippen LogP contribution in [0.15, 0.2) is 24.3 Å². The maximum atomic E-state index is 3.57. The highest BCUT2D eigenvalue weighted by Crippen LogP contribution is 2.29. The minimum atomic E-state index is 0.688. The van der Waals surface area contributed by atoms with Crippen molar-refractivity contribution in [2.24, 2.45) is 11.8 Å². The third kappa shape index (κ3) is 3.14. The average molecular weight is 245 g/mol. The van der Waals surface area contributed by atoms with Crippen LogP contribution in [0.2, 0.25) is 0 Å². The van der Waals surface area contributed by atoms with Crippen molar-refractivity contribution in [1.82, 2.24) is 5.32 Å². The minimum absolute atomic E-state index is 0.688. The van der Waals surface area contributed by atoms with Crippen molar-refractivity contribution in [3.8, 4) is 0 Å². The summed E-state index contributed by atoms with van der Waals surface area (Å²) in [6.07, 6.45) is 6.48. The van der Waals surface area contributed by atoms with Crippen molar-refractivity contribution in [2.45, 2.75) is 52.0 Å². The Morgan fingerprint density at radius 3 is 2.67 bits per heavy atom. The van der Waals surface area contributed by atoms with Gasteiger partial charge in [-0.3, -0.25) is 0 Å². The Labute approximate surface area is 112 Å². The summed E-state index contributed by atoms with van der Waals surface area (Å²) >= 11 is 0. The maximum Gasteiger partial charge on any atom is 0.00981 e. The number of aryl methyl sites for hydroxylation is 1. The monoisotopic (exact) mass is 245 g/mol. The standard InChI is InChI=1S/C17H27N/c1-4-13(2)11-17(18-3)16-10-9-14-7-5-6-8-15(14)12-16/h5-8,13,16-18H,4,9-12H2,1-3H3. The summed E-state index contributed by atoms with van der Waals surface area (Å²) in [4.78, 5) is 0. The number of nitrogens with one attached hydrogen (secondary N) is 1. The molecule has 0 spiro atoms. The highest BCUT2D eigenvalue weighted by molar-refractivity contribution is 5.30. The summed E-state index contributed by atoms with van der Waals surface area (Å²) < 4.78 is 0. The molecule has 0 aliphatic heterocycles. The molecule has 18 heavy (non-hydrogen) atoms. The van der Waals surface area contributed by atoms with Gasteiger partial charge in [-0.1, -0.05) is 44.5 Å². The number of hydrogen-bond acceptors (Lipinski definition) is 1. The summed E-state index contributed by atoms with van der Waals surface area (Å²) in [5, 5.41) is 3.57. The second-order valence-electron chi connectivity index (χ2n) is 5.92. The fourth-order valence-corrected chi connectivity index (χ4v) is 3.22. The number of rotatable bonds is 5. The third-order valence-corrected chi connectivity index (χ3v) is 4.68. The Hall–Kier alpha value is -0.820. The first-order valence-electron chi connectivity index (χ1n) is 7.48. The van der Waals surface area contributed by atoms with E-state index < -0.39 is 0 Å². The van der Waals surface area contributed by atoms with Gasteiger partial charge in [0.05, 0.1) is 0 Å². The minimum Gasteiger partial charge on any atom is -0.317 e. The Bertz CT molecular complexity index is 372. The van der Waals surface area contributed by atoms with E-state index in [9.17, 15) is 0 Å². The first kappa shape index (κ1) is 13.6. The molecule has 1 heteroatoms. The lowest BCUT2D eigenvalue weighted by molar-refractivity contribution is 0.284. The van der Waals surface area contributed by atoms with Crippen molar-refractivity contribution >= 4 is 0 Å². The van der Waals surface area contributed by atoms with Crippen LogP contribution in [-0.2, 0) is 12.8 Å². The van der Waals surface area contributed by atoms with E-state index in [4.69, 9.17) is 0 Å². The maximum absolute atomic E-state index is 3.57. The number of hydrogen-bond donors (Lipinski definition) is 1. The zero-order valence-electron chi connectivity index (χ0n) is 12.1. The molecule has 0 heterocycles. The van der Waals surface area contributed by atoms with Gasteiger partial charge in [0.15, 0.2) is 0 Å². The summed E-state index contributed by atoms with van der Waals surface area (Å²) in [5.41, 5.74) is 3.16. The third-order valence-electron chi connectivity index (χ3n) is 4.68. The van der Waals surface area contributed by atoms with Gasteiger partial charge in [-0.2, -0.15) is 0 Å². The van der Waals surface area contributed by atoms with Crippen molar-refractivity contribution in [3.63, 3.8) is 0 Å². The van der Waals surface area contributed by atoms with Crippen molar-refractivity contribution in [3.05, 3.63) is 35.4 Å². The van der Waals surface area contributed by atoms with Gasteiger partial charge in [-0.25, -0.2) is 0 Å². The van der Waals surface area contributed by atoms with Gasteiger partial charge in [-0.05, 0) is 55.7 Å². The summed E-state index contributed by atoms with van der Waals surface area (Å²) in [6.45, 7) is 4.68. The van der Waals surface area contributed by atoms with E-state index in [1.165, 1.54) is 32.1 Å². The van der Waals surface area contributed by atoms with E-state index in [-0.39, 0.29) is 0 Å². The van der Waals surface area contributed by atoms with Crippen LogP contribution < -0.4 is 5.32 Å². The number of benzene rings is 1. The smallest absolute Gasteiger partial charge is 0.00981 e. The van der Waals surface area contributed by atoms with Gasteiger partial charge in [0, 0.05) is 6.04 Å². The SMILES string of the molecule is CCC(C)CC(NC)C1CCc2ccccc2C1. The first-order valence-corrected chi connectivity index (χ1v) is 7.48. The van der Waals surface area contributed by atoms with Gasteiger partial charge < -0.3 is 5.32 Å². The molecule has 0 radical (unpaired) electrons. The number of fused-ring (bicyclic) bond motifs is 1. The van der Waals surface area contributed by atoms with Crippen LogP contribution in [0.4, 0.5) is 0 Å². The quantitative estimate of drug-likeness (QED) is 0.831. The molecule has 0 fully saturated rings. The highest BCUT2D eigenvalue weighted by atomic mass is 14.9. The predicted octanol–water partition coefficient (Wildman–Crippen LogP) is 3.82. The second kappa shape index (κ2) is 6.38. The molecule has 1 nitrogen and oxygen atoms in total. The fourth-order valence-electron chi connectivity index (χ4n) is 3.22. The summed E-state index contributed by atoms with van der Waals surface area (Å²) in [7, 11) is 2.13. The Morgan fingerprint density at radius 1 is 1.28 bits per heavy atom. The van der Waals surface area contributed by atoms with Crippen LogP contribution >= 0.6 is 0 Å². The topological polar surface area (TPSA) is 12.0 Å². The Kier molecular flexibility index (Phi) is 4.82. The molecular weight excluding hydrogens is 218 g/mol. The molecule has 3 unspecified atom stereocenters. The molecule has 1 aromatic carbocycles. The van der Waals surface area contributed by atoms with E-state index in [0.29, 0.717) is 6.04 Å². The highest BCUT2D eigenvalue weighted by Gasteiger charge is 2.25. The molecule has 0 saturated heterocycles. The van der Waals surface area contributed by atoms with Crippen molar-refractivity contribution in [1.29, 1.82) is 0 Å². The summed E-state index contributed by atoms with van der Waals surface area (Å²) in [6, 6.07) is 9.66. The molecule has 1 N–H and O–H groups in total. The lowest BCUT2D eigenvalue weighted by Gasteiger charge is -2.33. The fraction of sp³-hybridized carbons (Fsp3) is 0.647. The van der Waals surface area contributed by atoms with E-state index in [0.717, 1.165) is 11.8 Å². The van der Waals surface area contributed by atoms with Gasteiger partial charge in [0.1, 0.15) is 0 Å². The molecular formula is C17H27N. The molecule has 100 valence electrons. The van der Waals surface area contributed by atoms with Crippen LogP contribution in [-0.4, -0.2) is 13.1 Å². The second-order valence-corrected chi connectivity index (χ2v) is 5.92. The van der Waals surface area contributed by atoms with Crippen molar-refractivity contribution in [2.75, 3.05) is 7.05 Å². The van der Waals surface area contributed by atoms with E-state index in [1.54, 1.807) is 11.1 Å². The van der Waals surface area contributed by atoms with Crippen LogP contribution in [0.25, 0.3) is 0 Å². The van der Waals surface area contributed by atoms with Crippen LogP contribution in [0, 0.1) is 11.8 Å². The van der Waals surface area contributed by atoms with E-state index in [1.807, 2.05) is 0 Å². The Balaban J connectivity index is 2.02. The zero-order valence-corrected chi connectivity index (χ0v) is 12.1. The average Bonchev–Trinajstić information content (AvgIpc) is 2.44. The lowest BCUT2D eigenvalue weighted by Crippen LogP contribution is -2.38. The molecule has 3 atom stereocenters. The van der Waals surface area contributed by atoms with Crippen molar-refractivity contribution < 1.29 is 0 Å². The van der Waals surface area contributed by atoms with Crippen LogP contribution in [0.5, 0.6) is 0 Å². The van der Waals surface area contributed by atoms with Gasteiger partial charge in [0.2, 0.25) is 0 Å². The summed E-state index contributed by atoms with van der Waals surface area (Å²) in [5.74, 6) is 1.65. The predicted molar refractivity (Wildman–Crippen MR) is 78.9 cm³/mol. The molecule has 1 aliphatic carbocycles. The lowest BCUT2D eigenvalue weighted by atomic mass is 9.77. The molecule has 0 saturated carbocycles. The largest absolute Gasteiger partial charge is 0.317 e. The van der Waals surface area contributed by atoms with Gasteiger partial charge in [0.25, 0.3) is 0 Å². The molecule has 2 rings (SSSR count).